The fraction of sp³-hybridized carbons (Fsp3) is 0.458. The van der Waals surface area contributed by atoms with Crippen molar-refractivity contribution in [3.63, 3.8) is 0 Å². The molecule has 168 valence electrons. The van der Waals surface area contributed by atoms with Gasteiger partial charge in [0.2, 0.25) is 5.91 Å². The number of methoxy groups -OCH3 is 1. The van der Waals surface area contributed by atoms with Crippen LogP contribution in [-0.4, -0.2) is 37.0 Å². The van der Waals surface area contributed by atoms with Crippen molar-refractivity contribution in [2.75, 3.05) is 20.2 Å². The molecule has 0 saturated carbocycles. The van der Waals surface area contributed by atoms with E-state index >= 15 is 0 Å². The van der Waals surface area contributed by atoms with E-state index < -0.39 is 11.7 Å². The number of nitrogens with one attached hydrogen (secondary N) is 1. The first-order chi connectivity index (χ1) is 14.6. The zero-order valence-corrected chi connectivity index (χ0v) is 18.2. The van der Waals surface area contributed by atoms with Gasteiger partial charge in [0.15, 0.2) is 0 Å². The van der Waals surface area contributed by atoms with Crippen LogP contribution in [0.4, 0.5) is 13.2 Å². The molecule has 7 heteroatoms. The molecule has 4 nitrogen and oxygen atoms in total. The topological polar surface area (TPSA) is 41.6 Å². The third-order valence-corrected chi connectivity index (χ3v) is 6.03. The monoisotopic (exact) mass is 434 g/mol. The van der Waals surface area contributed by atoms with Gasteiger partial charge in [0, 0.05) is 25.0 Å². The predicted octanol–water partition coefficient (Wildman–Crippen LogP) is 5.02. The van der Waals surface area contributed by atoms with Gasteiger partial charge in [-0.1, -0.05) is 24.3 Å². The Hall–Kier alpha value is -2.54. The molecule has 1 amide bonds. The Morgan fingerprint density at radius 2 is 1.77 bits per heavy atom. The summed E-state index contributed by atoms with van der Waals surface area (Å²) in [5.74, 6) is 0.117. The van der Waals surface area contributed by atoms with Crippen molar-refractivity contribution in [1.29, 1.82) is 0 Å². The van der Waals surface area contributed by atoms with Crippen molar-refractivity contribution in [3.8, 4) is 5.75 Å². The summed E-state index contributed by atoms with van der Waals surface area (Å²) in [5, 5.41) is 3.08. The van der Waals surface area contributed by atoms with Gasteiger partial charge in [-0.25, -0.2) is 0 Å². The molecular formula is C24H29F3N2O2. The number of benzene rings is 2. The van der Waals surface area contributed by atoms with E-state index in [9.17, 15) is 18.0 Å². The summed E-state index contributed by atoms with van der Waals surface area (Å²) in [7, 11) is 1.59. The number of amides is 1. The smallest absolute Gasteiger partial charge is 0.416 e. The van der Waals surface area contributed by atoms with E-state index in [1.165, 1.54) is 12.1 Å². The molecule has 1 heterocycles. The third-order valence-electron chi connectivity index (χ3n) is 6.03. The molecular weight excluding hydrogens is 405 g/mol. The van der Waals surface area contributed by atoms with Crippen molar-refractivity contribution in [2.24, 2.45) is 5.92 Å². The first kappa shape index (κ1) is 23.1. The quantitative estimate of drug-likeness (QED) is 0.695. The number of carbonyl (C=O) groups excluding carboxylic acids is 1. The van der Waals surface area contributed by atoms with Crippen LogP contribution in [0.2, 0.25) is 0 Å². The van der Waals surface area contributed by atoms with Crippen LogP contribution in [0.25, 0.3) is 0 Å². The average Bonchev–Trinajstić information content (AvgIpc) is 3.19. The van der Waals surface area contributed by atoms with E-state index in [0.717, 1.165) is 23.3 Å². The number of ether oxygens (including phenoxy) is 1. The predicted molar refractivity (Wildman–Crippen MR) is 114 cm³/mol. The number of hydrogen-bond donors (Lipinski definition) is 1. The van der Waals surface area contributed by atoms with Gasteiger partial charge in [0.1, 0.15) is 5.75 Å². The highest BCUT2D eigenvalue weighted by Crippen LogP contribution is 2.36. The lowest BCUT2D eigenvalue weighted by Crippen LogP contribution is -2.37. The molecule has 3 unspecified atom stereocenters. The van der Waals surface area contributed by atoms with E-state index in [2.05, 4.69) is 24.1 Å². The van der Waals surface area contributed by atoms with Gasteiger partial charge in [-0.05, 0) is 56.2 Å². The maximum absolute atomic E-state index is 13.2. The number of carbonyl (C=O) groups is 1. The molecule has 31 heavy (non-hydrogen) atoms. The van der Waals surface area contributed by atoms with E-state index in [1.807, 2.05) is 31.2 Å². The third kappa shape index (κ3) is 5.39. The molecule has 1 fully saturated rings. The highest BCUT2D eigenvalue weighted by molar-refractivity contribution is 5.81. The average molecular weight is 435 g/mol. The second kappa shape index (κ2) is 9.30. The van der Waals surface area contributed by atoms with E-state index in [1.54, 1.807) is 7.11 Å². The lowest BCUT2D eigenvalue weighted by Gasteiger charge is -2.22. The Morgan fingerprint density at radius 3 is 2.35 bits per heavy atom. The number of nitrogens with zero attached hydrogens (tertiary/aromatic N) is 1. The number of likely N-dealkylation sites (tertiary alicyclic amines) is 1. The Bertz CT molecular complexity index is 896. The first-order valence-corrected chi connectivity index (χ1v) is 10.5. The maximum atomic E-state index is 13.2. The fourth-order valence-corrected chi connectivity index (χ4v) is 4.09. The summed E-state index contributed by atoms with van der Waals surface area (Å²) >= 11 is 0. The summed E-state index contributed by atoms with van der Waals surface area (Å²) in [5.41, 5.74) is 1.01. The molecule has 1 aliphatic rings. The lowest BCUT2D eigenvalue weighted by molar-refractivity contribution is -0.137. The largest absolute Gasteiger partial charge is 0.497 e. The highest BCUT2D eigenvalue weighted by atomic mass is 19.4. The van der Waals surface area contributed by atoms with E-state index in [-0.39, 0.29) is 29.8 Å². The Labute approximate surface area is 181 Å². The standard InChI is InChI=1S/C24H29F3N2O2/c1-15(2)29-13-21(17-8-10-19(11-9-17)24(25,26)27)22(14-29)23(30)28-16(3)18-6-5-7-20(12-18)31-4/h5-12,15-16,21-22H,13-14H2,1-4H3,(H,28,30). The molecule has 1 aliphatic heterocycles. The van der Waals surface area contributed by atoms with Gasteiger partial charge in [0.25, 0.3) is 0 Å². The molecule has 0 bridgehead atoms. The fourth-order valence-electron chi connectivity index (χ4n) is 4.09. The Morgan fingerprint density at radius 1 is 1.10 bits per heavy atom. The van der Waals surface area contributed by atoms with Gasteiger partial charge in [-0.3, -0.25) is 9.69 Å². The molecule has 3 rings (SSSR count). The highest BCUT2D eigenvalue weighted by Gasteiger charge is 2.40. The molecule has 1 saturated heterocycles. The minimum absolute atomic E-state index is 0.0941. The number of halogens is 3. The van der Waals surface area contributed by atoms with Crippen LogP contribution in [0.3, 0.4) is 0 Å². The number of rotatable bonds is 6. The van der Waals surface area contributed by atoms with Gasteiger partial charge in [0.05, 0.1) is 24.6 Å². The first-order valence-electron chi connectivity index (χ1n) is 10.5. The molecule has 3 atom stereocenters. The molecule has 1 N–H and O–H groups in total. The van der Waals surface area contributed by atoms with Gasteiger partial charge in [-0.2, -0.15) is 13.2 Å². The zero-order chi connectivity index (χ0) is 22.8. The van der Waals surface area contributed by atoms with Crippen molar-refractivity contribution in [2.45, 2.75) is 44.9 Å². The Kier molecular flexibility index (Phi) is 6.94. The summed E-state index contributed by atoms with van der Waals surface area (Å²) in [6.45, 7) is 7.23. The summed E-state index contributed by atoms with van der Waals surface area (Å²) in [4.78, 5) is 15.4. The molecule has 2 aromatic rings. The van der Waals surface area contributed by atoms with Crippen molar-refractivity contribution < 1.29 is 22.7 Å². The lowest BCUT2D eigenvalue weighted by atomic mass is 9.87. The SMILES string of the molecule is COc1cccc(C(C)NC(=O)C2CN(C(C)C)CC2c2ccc(C(F)(F)F)cc2)c1. The molecule has 0 aliphatic carbocycles. The van der Waals surface area contributed by atoms with Crippen LogP contribution in [-0.2, 0) is 11.0 Å². The number of hydrogen-bond acceptors (Lipinski definition) is 3. The minimum Gasteiger partial charge on any atom is -0.497 e. The second-order valence-corrected chi connectivity index (χ2v) is 8.39. The normalized spacial score (nSPS) is 20.6. The van der Waals surface area contributed by atoms with E-state index in [0.29, 0.717) is 18.8 Å². The second-order valence-electron chi connectivity index (χ2n) is 8.39. The van der Waals surface area contributed by atoms with Crippen LogP contribution in [0, 0.1) is 5.92 Å². The molecule has 0 aromatic heterocycles. The van der Waals surface area contributed by atoms with Crippen molar-refractivity contribution in [3.05, 3.63) is 65.2 Å². The van der Waals surface area contributed by atoms with Crippen molar-refractivity contribution >= 4 is 5.91 Å². The van der Waals surface area contributed by atoms with Crippen LogP contribution in [0.5, 0.6) is 5.75 Å². The molecule has 0 radical (unpaired) electrons. The molecule has 0 spiro atoms. The summed E-state index contributed by atoms with van der Waals surface area (Å²) in [6, 6.07) is 12.8. The maximum Gasteiger partial charge on any atom is 0.416 e. The minimum atomic E-state index is -4.37. The van der Waals surface area contributed by atoms with Crippen LogP contribution in [0.1, 0.15) is 49.4 Å². The van der Waals surface area contributed by atoms with Crippen LogP contribution < -0.4 is 10.1 Å². The van der Waals surface area contributed by atoms with Crippen LogP contribution >= 0.6 is 0 Å². The van der Waals surface area contributed by atoms with Gasteiger partial charge < -0.3 is 10.1 Å². The Balaban J connectivity index is 1.79. The summed E-state index contributed by atoms with van der Waals surface area (Å²) in [6.07, 6.45) is -4.37. The number of alkyl halides is 3. The summed E-state index contributed by atoms with van der Waals surface area (Å²) < 4.78 is 44.1. The molecule has 2 aromatic carbocycles. The van der Waals surface area contributed by atoms with E-state index in [4.69, 9.17) is 4.74 Å². The van der Waals surface area contributed by atoms with Gasteiger partial charge in [-0.15, -0.1) is 0 Å². The van der Waals surface area contributed by atoms with Gasteiger partial charge >= 0.3 is 6.18 Å². The van der Waals surface area contributed by atoms with Crippen molar-refractivity contribution in [1.82, 2.24) is 10.2 Å². The van der Waals surface area contributed by atoms with Crippen LogP contribution in [0.15, 0.2) is 48.5 Å². The zero-order valence-electron chi connectivity index (χ0n) is 18.2.